The standard InChI is InChI=1S/C22H24N3O/c1-17-3-6-21-20(15-17)16-19(5-4-18-7-9-24(2)10-8-18)22(23-21)25-11-13-26-14-12-25/h3-10,15-16H,11-14H2,1-2H3/q+1/p+1. The topological polar surface area (TPSA) is 30.5 Å². The number of nitrogens with one attached hydrogen (secondary N) is 1. The average Bonchev–Trinajstić information content (AvgIpc) is 2.67. The number of pyridine rings is 2. The summed E-state index contributed by atoms with van der Waals surface area (Å²) < 4.78 is 7.57. The number of aromatic nitrogens is 2. The first kappa shape index (κ1) is 16.7. The third kappa shape index (κ3) is 3.60. The summed E-state index contributed by atoms with van der Waals surface area (Å²) in [6.45, 7) is 5.51. The third-order valence-electron chi connectivity index (χ3n) is 4.83. The van der Waals surface area contributed by atoms with Gasteiger partial charge in [0.25, 0.3) is 5.82 Å². The monoisotopic (exact) mass is 347 g/mol. The number of ether oxygens (including phenoxy) is 1. The second-order valence-corrected chi connectivity index (χ2v) is 6.89. The molecule has 0 amide bonds. The van der Waals surface area contributed by atoms with Crippen LogP contribution < -0.4 is 14.5 Å². The molecule has 0 radical (unpaired) electrons. The van der Waals surface area contributed by atoms with Crippen molar-refractivity contribution in [2.75, 3.05) is 31.2 Å². The lowest BCUT2D eigenvalue weighted by molar-refractivity contribution is -0.671. The zero-order chi connectivity index (χ0) is 17.9. The quantitative estimate of drug-likeness (QED) is 0.682. The van der Waals surface area contributed by atoms with Gasteiger partial charge in [0.2, 0.25) is 0 Å². The van der Waals surface area contributed by atoms with Gasteiger partial charge in [-0.25, -0.2) is 9.55 Å². The maximum Gasteiger partial charge on any atom is 0.282 e. The summed E-state index contributed by atoms with van der Waals surface area (Å²) >= 11 is 0. The molecule has 0 bridgehead atoms. The van der Waals surface area contributed by atoms with Crippen LogP contribution in [0.2, 0.25) is 0 Å². The Labute approximate surface area is 154 Å². The molecular weight excluding hydrogens is 322 g/mol. The fourth-order valence-corrected chi connectivity index (χ4v) is 3.34. The highest BCUT2D eigenvalue weighted by molar-refractivity contribution is 5.84. The first-order valence-corrected chi connectivity index (χ1v) is 9.12. The van der Waals surface area contributed by atoms with E-state index in [2.05, 4.69) is 77.8 Å². The number of H-pyrrole nitrogens is 1. The van der Waals surface area contributed by atoms with Gasteiger partial charge in [0, 0.05) is 17.5 Å². The Morgan fingerprint density at radius 3 is 2.58 bits per heavy atom. The van der Waals surface area contributed by atoms with Crippen molar-refractivity contribution in [3.63, 3.8) is 0 Å². The van der Waals surface area contributed by atoms with E-state index < -0.39 is 0 Å². The van der Waals surface area contributed by atoms with Gasteiger partial charge in [-0.2, -0.15) is 0 Å². The molecule has 0 aliphatic carbocycles. The van der Waals surface area contributed by atoms with Crippen LogP contribution in [-0.4, -0.2) is 26.3 Å². The minimum Gasteiger partial charge on any atom is -0.373 e. The summed E-state index contributed by atoms with van der Waals surface area (Å²) in [4.78, 5) is 6.04. The summed E-state index contributed by atoms with van der Waals surface area (Å²) in [5.74, 6) is 1.17. The highest BCUT2D eigenvalue weighted by atomic mass is 16.5. The van der Waals surface area contributed by atoms with E-state index in [-0.39, 0.29) is 0 Å². The van der Waals surface area contributed by atoms with E-state index in [1.807, 2.05) is 11.6 Å². The molecule has 0 atom stereocenters. The van der Waals surface area contributed by atoms with Crippen LogP contribution in [0.4, 0.5) is 5.82 Å². The first-order valence-electron chi connectivity index (χ1n) is 9.12. The lowest BCUT2D eigenvalue weighted by Crippen LogP contribution is -2.40. The maximum atomic E-state index is 5.53. The number of rotatable bonds is 3. The van der Waals surface area contributed by atoms with Crippen LogP contribution in [0.5, 0.6) is 0 Å². The second-order valence-electron chi connectivity index (χ2n) is 6.89. The van der Waals surface area contributed by atoms with Gasteiger partial charge >= 0.3 is 0 Å². The number of anilines is 1. The van der Waals surface area contributed by atoms with E-state index in [0.29, 0.717) is 0 Å². The summed E-state index contributed by atoms with van der Waals surface area (Å²) in [5.41, 5.74) is 4.84. The van der Waals surface area contributed by atoms with Gasteiger partial charge < -0.3 is 4.74 Å². The van der Waals surface area contributed by atoms with Crippen LogP contribution in [0.15, 0.2) is 48.8 Å². The summed E-state index contributed by atoms with van der Waals surface area (Å²) in [6.07, 6.45) is 8.52. The number of aromatic amines is 1. The molecule has 1 N–H and O–H groups in total. The number of aryl methyl sites for hydroxylation is 2. The summed E-state index contributed by atoms with van der Waals surface area (Å²) in [5, 5.41) is 1.24. The van der Waals surface area contributed by atoms with E-state index in [4.69, 9.17) is 4.74 Å². The molecule has 1 aliphatic rings. The molecule has 1 aromatic carbocycles. The predicted octanol–water partition coefficient (Wildman–Crippen LogP) is 2.79. The highest BCUT2D eigenvalue weighted by Gasteiger charge is 2.23. The molecule has 3 aromatic rings. The Bertz CT molecular complexity index is 942. The fourth-order valence-electron chi connectivity index (χ4n) is 3.34. The van der Waals surface area contributed by atoms with Gasteiger partial charge in [-0.3, -0.25) is 4.90 Å². The summed E-state index contributed by atoms with van der Waals surface area (Å²) in [7, 11) is 2.03. The zero-order valence-electron chi connectivity index (χ0n) is 15.4. The molecule has 0 spiro atoms. The number of hydrogen-bond acceptors (Lipinski definition) is 2. The summed E-state index contributed by atoms with van der Waals surface area (Å²) in [6, 6.07) is 13.1. The smallest absolute Gasteiger partial charge is 0.282 e. The Balaban J connectivity index is 1.77. The predicted molar refractivity (Wildman–Crippen MR) is 105 cm³/mol. The molecule has 1 saturated heterocycles. The SMILES string of the molecule is Cc1ccc2[nH+]c(N3CCOCC3)c(/C=C/c3cc[n+](C)cc3)cc2c1. The van der Waals surface area contributed by atoms with Crippen molar-refractivity contribution < 1.29 is 14.3 Å². The Hall–Kier alpha value is -2.72. The van der Waals surface area contributed by atoms with Gasteiger partial charge in [-0.15, -0.1) is 0 Å². The van der Waals surface area contributed by atoms with Gasteiger partial charge in [-0.05, 0) is 36.8 Å². The van der Waals surface area contributed by atoms with Crippen molar-refractivity contribution in [3.05, 3.63) is 65.5 Å². The van der Waals surface area contributed by atoms with Gasteiger partial charge in [0.05, 0.1) is 18.8 Å². The molecule has 1 fully saturated rings. The molecule has 3 heterocycles. The van der Waals surface area contributed by atoms with E-state index >= 15 is 0 Å². The third-order valence-corrected chi connectivity index (χ3v) is 4.83. The molecule has 0 saturated carbocycles. The minimum atomic E-state index is 0.776. The Morgan fingerprint density at radius 1 is 1.04 bits per heavy atom. The van der Waals surface area contributed by atoms with Crippen LogP contribution in [0.25, 0.3) is 23.1 Å². The molecule has 132 valence electrons. The van der Waals surface area contributed by atoms with Gasteiger partial charge in [0.15, 0.2) is 12.4 Å². The highest BCUT2D eigenvalue weighted by Crippen LogP contribution is 2.23. The van der Waals surface area contributed by atoms with Gasteiger partial charge in [0.1, 0.15) is 25.7 Å². The molecule has 1 aliphatic heterocycles. The zero-order valence-corrected chi connectivity index (χ0v) is 15.4. The molecule has 4 rings (SSSR count). The Kier molecular flexibility index (Phi) is 4.67. The Morgan fingerprint density at radius 2 is 1.81 bits per heavy atom. The molecule has 26 heavy (non-hydrogen) atoms. The van der Waals surface area contributed by atoms with Crippen molar-refractivity contribution in [1.29, 1.82) is 0 Å². The van der Waals surface area contributed by atoms with E-state index in [0.717, 1.165) is 26.3 Å². The van der Waals surface area contributed by atoms with Crippen LogP contribution in [-0.2, 0) is 11.8 Å². The van der Waals surface area contributed by atoms with Crippen molar-refractivity contribution in [2.45, 2.75) is 6.92 Å². The average molecular weight is 347 g/mol. The number of fused-ring (bicyclic) bond motifs is 1. The normalized spacial score (nSPS) is 15.1. The van der Waals surface area contributed by atoms with E-state index in [9.17, 15) is 0 Å². The van der Waals surface area contributed by atoms with Crippen molar-refractivity contribution in [3.8, 4) is 0 Å². The molecule has 2 aromatic heterocycles. The molecular formula is C22H25N3O+2. The van der Waals surface area contributed by atoms with Crippen LogP contribution in [0.3, 0.4) is 0 Å². The molecule has 4 nitrogen and oxygen atoms in total. The number of benzene rings is 1. The lowest BCUT2D eigenvalue weighted by Gasteiger charge is -2.22. The number of hydrogen-bond donors (Lipinski definition) is 0. The first-order chi connectivity index (χ1) is 12.7. The van der Waals surface area contributed by atoms with Crippen molar-refractivity contribution in [1.82, 2.24) is 0 Å². The van der Waals surface area contributed by atoms with Crippen molar-refractivity contribution in [2.24, 2.45) is 7.05 Å². The number of nitrogens with zero attached hydrogens (tertiary/aromatic N) is 2. The van der Waals surface area contributed by atoms with Crippen LogP contribution in [0, 0.1) is 6.92 Å². The van der Waals surface area contributed by atoms with Gasteiger partial charge in [-0.1, -0.05) is 17.7 Å². The van der Waals surface area contributed by atoms with Crippen molar-refractivity contribution >= 4 is 28.9 Å². The number of morpholine rings is 1. The minimum absolute atomic E-state index is 0.776. The fraction of sp³-hybridized carbons (Fsp3) is 0.273. The van der Waals surface area contributed by atoms with E-state index in [1.165, 1.54) is 33.4 Å². The van der Waals surface area contributed by atoms with Crippen LogP contribution in [0.1, 0.15) is 16.7 Å². The molecule has 4 heteroatoms. The molecule has 0 unspecified atom stereocenters. The maximum absolute atomic E-state index is 5.53. The lowest BCUT2D eigenvalue weighted by atomic mass is 10.1. The van der Waals surface area contributed by atoms with Crippen LogP contribution >= 0.6 is 0 Å². The van der Waals surface area contributed by atoms with E-state index in [1.54, 1.807) is 0 Å². The largest absolute Gasteiger partial charge is 0.373 e. The second kappa shape index (κ2) is 7.26.